The number of ether oxygens (including phenoxy) is 1. The SMILES string of the molecule is CCOC(=O)c1c(-c2ccccc2[N+](=O)[O-])nc(=O)[nH]c1C. The Bertz CT molecular complexity index is 797. The van der Waals surface area contributed by atoms with Crippen LogP contribution in [0.5, 0.6) is 0 Å². The molecule has 22 heavy (non-hydrogen) atoms. The van der Waals surface area contributed by atoms with Gasteiger partial charge in [-0.15, -0.1) is 0 Å². The first-order valence-electron chi connectivity index (χ1n) is 6.47. The van der Waals surface area contributed by atoms with E-state index in [0.717, 1.165) is 0 Å². The zero-order valence-corrected chi connectivity index (χ0v) is 12.0. The molecule has 0 saturated carbocycles. The van der Waals surface area contributed by atoms with Crippen molar-refractivity contribution in [2.75, 3.05) is 6.61 Å². The molecule has 0 bridgehead atoms. The van der Waals surface area contributed by atoms with Crippen molar-refractivity contribution in [2.24, 2.45) is 0 Å². The summed E-state index contributed by atoms with van der Waals surface area (Å²) in [5.74, 6) is -0.697. The second kappa shape index (κ2) is 6.17. The van der Waals surface area contributed by atoms with E-state index in [4.69, 9.17) is 4.74 Å². The minimum absolute atomic E-state index is 0.00995. The lowest BCUT2D eigenvalue weighted by molar-refractivity contribution is -0.384. The van der Waals surface area contributed by atoms with E-state index in [1.165, 1.54) is 25.1 Å². The Hall–Kier alpha value is -3.03. The highest BCUT2D eigenvalue weighted by Crippen LogP contribution is 2.30. The molecule has 0 amide bonds. The molecule has 0 saturated heterocycles. The van der Waals surface area contributed by atoms with E-state index in [0.29, 0.717) is 0 Å². The maximum Gasteiger partial charge on any atom is 0.345 e. The van der Waals surface area contributed by atoms with Crippen molar-refractivity contribution in [1.29, 1.82) is 0 Å². The summed E-state index contributed by atoms with van der Waals surface area (Å²) in [6, 6.07) is 5.77. The predicted octanol–water partition coefficient (Wildman–Crippen LogP) is 1.83. The standard InChI is InChI=1S/C14H13N3O5/c1-3-22-13(18)11-8(2)15-14(19)16-12(11)9-6-4-5-7-10(9)17(20)21/h4-7H,3H2,1-2H3,(H,15,16,19). The molecule has 114 valence electrons. The minimum Gasteiger partial charge on any atom is -0.462 e. The second-order valence-corrected chi connectivity index (χ2v) is 4.39. The molecule has 0 aliphatic rings. The Kier molecular flexibility index (Phi) is 4.31. The molecule has 0 radical (unpaired) electrons. The van der Waals surface area contributed by atoms with Crippen LogP contribution in [0.4, 0.5) is 5.69 Å². The number of nitrogens with zero attached hydrogens (tertiary/aromatic N) is 2. The van der Waals surface area contributed by atoms with Crippen LogP contribution in [0.1, 0.15) is 23.0 Å². The fourth-order valence-electron chi connectivity index (χ4n) is 2.07. The van der Waals surface area contributed by atoms with E-state index in [2.05, 4.69) is 9.97 Å². The molecule has 0 fully saturated rings. The number of hydrogen-bond donors (Lipinski definition) is 1. The first-order chi connectivity index (χ1) is 10.5. The summed E-state index contributed by atoms with van der Waals surface area (Å²) in [6.07, 6.45) is 0. The van der Waals surface area contributed by atoms with Crippen LogP contribution in [-0.4, -0.2) is 27.5 Å². The normalized spacial score (nSPS) is 10.3. The molecule has 0 aliphatic carbocycles. The van der Waals surface area contributed by atoms with Gasteiger partial charge < -0.3 is 9.72 Å². The average molecular weight is 303 g/mol. The summed E-state index contributed by atoms with van der Waals surface area (Å²) in [7, 11) is 0. The summed E-state index contributed by atoms with van der Waals surface area (Å²) in [5.41, 5.74) is -0.664. The topological polar surface area (TPSA) is 115 Å². The molecule has 2 rings (SSSR count). The lowest BCUT2D eigenvalue weighted by atomic mass is 10.0. The van der Waals surface area contributed by atoms with Gasteiger partial charge in [0.1, 0.15) is 5.56 Å². The molecule has 0 unspecified atom stereocenters. The Morgan fingerprint density at radius 2 is 2.09 bits per heavy atom. The Morgan fingerprint density at radius 1 is 1.41 bits per heavy atom. The van der Waals surface area contributed by atoms with Crippen LogP contribution in [0.3, 0.4) is 0 Å². The number of H-pyrrole nitrogens is 1. The van der Waals surface area contributed by atoms with Crippen molar-refractivity contribution < 1.29 is 14.5 Å². The number of aromatic nitrogens is 2. The van der Waals surface area contributed by atoms with Gasteiger partial charge in [0.2, 0.25) is 0 Å². The van der Waals surface area contributed by atoms with Crippen molar-refractivity contribution in [3.05, 3.63) is 56.1 Å². The highest BCUT2D eigenvalue weighted by molar-refractivity contribution is 5.98. The summed E-state index contributed by atoms with van der Waals surface area (Å²) in [6.45, 7) is 3.28. The summed E-state index contributed by atoms with van der Waals surface area (Å²) >= 11 is 0. The monoisotopic (exact) mass is 303 g/mol. The molecule has 8 heteroatoms. The molecular formula is C14H13N3O5. The van der Waals surface area contributed by atoms with Crippen LogP contribution in [-0.2, 0) is 4.74 Å². The van der Waals surface area contributed by atoms with Crippen molar-refractivity contribution in [2.45, 2.75) is 13.8 Å². The number of carbonyl (C=O) groups is 1. The fraction of sp³-hybridized carbons (Fsp3) is 0.214. The molecule has 1 heterocycles. The zero-order valence-electron chi connectivity index (χ0n) is 12.0. The van der Waals surface area contributed by atoms with Crippen LogP contribution in [0.2, 0.25) is 0 Å². The smallest absolute Gasteiger partial charge is 0.345 e. The average Bonchev–Trinajstić information content (AvgIpc) is 2.46. The maximum absolute atomic E-state index is 12.1. The minimum atomic E-state index is -0.697. The number of benzene rings is 1. The maximum atomic E-state index is 12.1. The number of aryl methyl sites for hydroxylation is 1. The van der Waals surface area contributed by atoms with Gasteiger partial charge in [0, 0.05) is 11.8 Å². The Morgan fingerprint density at radius 3 is 2.73 bits per heavy atom. The van der Waals surface area contributed by atoms with Gasteiger partial charge in [0.15, 0.2) is 0 Å². The number of carbonyl (C=O) groups excluding carboxylic acids is 1. The molecular weight excluding hydrogens is 290 g/mol. The van der Waals surface area contributed by atoms with Gasteiger partial charge in [0.05, 0.1) is 22.8 Å². The van der Waals surface area contributed by atoms with Gasteiger partial charge >= 0.3 is 11.7 Å². The van der Waals surface area contributed by atoms with E-state index in [1.54, 1.807) is 13.0 Å². The van der Waals surface area contributed by atoms with Crippen molar-refractivity contribution >= 4 is 11.7 Å². The number of nitrogens with one attached hydrogen (secondary N) is 1. The van der Waals surface area contributed by atoms with Crippen LogP contribution < -0.4 is 5.69 Å². The number of nitro groups is 1. The Balaban J connectivity index is 2.78. The van der Waals surface area contributed by atoms with Gasteiger partial charge in [-0.2, -0.15) is 4.98 Å². The molecule has 1 N–H and O–H groups in total. The summed E-state index contributed by atoms with van der Waals surface area (Å²) < 4.78 is 4.94. The molecule has 0 spiro atoms. The van der Waals surface area contributed by atoms with Gasteiger partial charge in [-0.05, 0) is 19.9 Å². The molecule has 1 aromatic carbocycles. The molecule has 1 aromatic heterocycles. The van der Waals surface area contributed by atoms with Crippen LogP contribution in [0.15, 0.2) is 29.1 Å². The van der Waals surface area contributed by atoms with E-state index < -0.39 is 16.6 Å². The Labute approximate surface area is 124 Å². The van der Waals surface area contributed by atoms with E-state index >= 15 is 0 Å². The summed E-state index contributed by atoms with van der Waals surface area (Å²) in [4.78, 5) is 40.4. The lowest BCUT2D eigenvalue weighted by Gasteiger charge is -2.10. The van der Waals surface area contributed by atoms with Crippen molar-refractivity contribution in [1.82, 2.24) is 9.97 Å². The first kappa shape index (κ1) is 15.4. The van der Waals surface area contributed by atoms with Crippen LogP contribution in [0.25, 0.3) is 11.3 Å². The number of para-hydroxylation sites is 1. The van der Waals surface area contributed by atoms with Gasteiger partial charge in [-0.1, -0.05) is 12.1 Å². The third kappa shape index (κ3) is 2.85. The lowest BCUT2D eigenvalue weighted by Crippen LogP contribution is -2.20. The van der Waals surface area contributed by atoms with Gasteiger partial charge in [-0.3, -0.25) is 10.1 Å². The highest BCUT2D eigenvalue weighted by Gasteiger charge is 2.25. The van der Waals surface area contributed by atoms with Gasteiger partial charge in [0.25, 0.3) is 5.69 Å². The van der Waals surface area contributed by atoms with E-state index in [-0.39, 0.29) is 34.8 Å². The zero-order chi connectivity index (χ0) is 16.3. The largest absolute Gasteiger partial charge is 0.462 e. The highest BCUT2D eigenvalue weighted by atomic mass is 16.6. The first-order valence-corrected chi connectivity index (χ1v) is 6.47. The number of nitro benzene ring substituents is 1. The molecule has 8 nitrogen and oxygen atoms in total. The summed E-state index contributed by atoms with van der Waals surface area (Å²) in [5, 5.41) is 11.1. The van der Waals surface area contributed by atoms with E-state index in [1.807, 2.05) is 0 Å². The molecule has 0 atom stereocenters. The third-order valence-corrected chi connectivity index (χ3v) is 2.96. The molecule has 0 aliphatic heterocycles. The predicted molar refractivity (Wildman–Crippen MR) is 77.6 cm³/mol. The van der Waals surface area contributed by atoms with Crippen molar-refractivity contribution in [3.63, 3.8) is 0 Å². The fourth-order valence-corrected chi connectivity index (χ4v) is 2.07. The van der Waals surface area contributed by atoms with E-state index in [9.17, 15) is 19.7 Å². The molecule has 2 aromatic rings. The van der Waals surface area contributed by atoms with Crippen LogP contribution >= 0.6 is 0 Å². The quantitative estimate of drug-likeness (QED) is 0.523. The van der Waals surface area contributed by atoms with Crippen molar-refractivity contribution in [3.8, 4) is 11.3 Å². The van der Waals surface area contributed by atoms with Crippen LogP contribution in [0, 0.1) is 17.0 Å². The number of aromatic amines is 1. The van der Waals surface area contributed by atoms with Gasteiger partial charge in [-0.25, -0.2) is 9.59 Å². The number of rotatable bonds is 4. The number of hydrogen-bond acceptors (Lipinski definition) is 6. The number of esters is 1. The third-order valence-electron chi connectivity index (χ3n) is 2.96. The second-order valence-electron chi connectivity index (χ2n) is 4.39.